The minimum Gasteiger partial charge on any atom is -0.359 e. The molecule has 1 nitrogen and oxygen atoms in total. The largest absolute Gasteiger partial charge is 0.359 e. The fraction of sp³-hybridized carbons (Fsp3) is 1.00. The van der Waals surface area contributed by atoms with E-state index >= 15 is 0 Å². The minimum absolute atomic E-state index is 1.12. The van der Waals surface area contributed by atoms with Crippen molar-refractivity contribution in [3.63, 3.8) is 0 Å². The maximum Gasteiger partial charge on any atom is 0.112 e. The molecule has 0 saturated carbocycles. The fourth-order valence-electron chi connectivity index (χ4n) is 2.67. The van der Waals surface area contributed by atoms with Gasteiger partial charge in [0.25, 0.3) is 0 Å². The highest BCUT2D eigenvalue weighted by Gasteiger charge is 2.29. The van der Waals surface area contributed by atoms with Crippen LogP contribution in [0.25, 0.3) is 0 Å². The summed E-state index contributed by atoms with van der Waals surface area (Å²) in [7, 11) is -2.25. The Morgan fingerprint density at radius 1 is 0.647 bits per heavy atom. The molecule has 3 heteroatoms. The zero-order chi connectivity index (χ0) is 13.4. The molecule has 0 aromatic carbocycles. The predicted molar refractivity (Wildman–Crippen MR) is 86.8 cm³/mol. The molecule has 0 unspecified atom stereocenters. The van der Waals surface area contributed by atoms with Gasteiger partial charge in [-0.05, 0) is 12.1 Å². The van der Waals surface area contributed by atoms with Gasteiger partial charge in [-0.3, -0.25) is 0 Å². The Bertz CT molecular complexity index is 171. The molecule has 0 aliphatic carbocycles. The highest BCUT2D eigenvalue weighted by atomic mass is 28.4. The van der Waals surface area contributed by atoms with E-state index in [9.17, 15) is 0 Å². The highest BCUT2D eigenvalue weighted by Crippen LogP contribution is 2.18. The second-order valence-electron chi connectivity index (χ2n) is 6.81. The molecule has 1 N–H and O–H groups in total. The monoisotopic (exact) mass is 273 g/mol. The summed E-state index contributed by atoms with van der Waals surface area (Å²) >= 11 is 0. The van der Waals surface area contributed by atoms with Gasteiger partial charge >= 0.3 is 0 Å². The van der Waals surface area contributed by atoms with Gasteiger partial charge in [0.15, 0.2) is 0 Å². The van der Waals surface area contributed by atoms with Gasteiger partial charge in [-0.15, -0.1) is 0 Å². The molecule has 0 radical (unpaired) electrons. The van der Waals surface area contributed by atoms with E-state index in [1.54, 1.807) is 0 Å². The summed E-state index contributed by atoms with van der Waals surface area (Å²) in [5, 5.41) is 0. The molecule has 0 rings (SSSR count). The van der Waals surface area contributed by atoms with Crippen LogP contribution >= 0.6 is 0 Å². The van der Waals surface area contributed by atoms with Crippen molar-refractivity contribution in [2.45, 2.75) is 90.6 Å². The van der Waals surface area contributed by atoms with Crippen LogP contribution in [0.4, 0.5) is 0 Å². The lowest BCUT2D eigenvalue weighted by molar-refractivity contribution is 0.753. The Balaban J connectivity index is 3.99. The average molecular weight is 274 g/mol. The molecule has 0 aromatic heterocycles. The van der Waals surface area contributed by atoms with Crippen molar-refractivity contribution in [3.8, 4) is 0 Å². The Morgan fingerprint density at radius 3 is 1.29 bits per heavy atom. The summed E-state index contributed by atoms with van der Waals surface area (Å²) in [6, 6.07) is 2.93. The topological polar surface area (TPSA) is 12.0 Å². The van der Waals surface area contributed by atoms with Crippen LogP contribution in [0.2, 0.25) is 38.3 Å². The zero-order valence-corrected chi connectivity index (χ0v) is 15.2. The number of hydrogen-bond acceptors (Lipinski definition) is 1. The molecular formula is C14H35NSi2. The van der Waals surface area contributed by atoms with E-state index in [-0.39, 0.29) is 0 Å². The molecule has 104 valence electrons. The number of rotatable bonds is 10. The molecule has 0 aliphatic rings. The first-order chi connectivity index (χ1) is 7.83. The second kappa shape index (κ2) is 8.49. The van der Waals surface area contributed by atoms with Gasteiger partial charge in [-0.1, -0.05) is 78.6 Å². The Hall–Kier alpha value is 0.394. The highest BCUT2D eigenvalue weighted by molar-refractivity contribution is 6.91. The third-order valence-corrected chi connectivity index (χ3v) is 12.1. The fourth-order valence-corrected chi connectivity index (χ4v) is 13.3. The van der Waals surface area contributed by atoms with Crippen molar-refractivity contribution in [1.82, 2.24) is 4.65 Å². The summed E-state index contributed by atoms with van der Waals surface area (Å²) < 4.78 is 4.13. The van der Waals surface area contributed by atoms with Crippen molar-refractivity contribution >= 4 is 16.5 Å². The smallest absolute Gasteiger partial charge is 0.112 e. The van der Waals surface area contributed by atoms with E-state index in [1.165, 1.54) is 50.6 Å². The van der Waals surface area contributed by atoms with Gasteiger partial charge in [0.1, 0.15) is 16.5 Å². The summed E-state index contributed by atoms with van der Waals surface area (Å²) in [5.41, 5.74) is 0. The lowest BCUT2D eigenvalue weighted by Gasteiger charge is -2.35. The summed E-state index contributed by atoms with van der Waals surface area (Å²) in [6.07, 6.45) is 8.39. The third kappa shape index (κ3) is 10.0. The lowest BCUT2D eigenvalue weighted by atomic mass is 10.3. The van der Waals surface area contributed by atoms with E-state index in [2.05, 4.69) is 44.7 Å². The zero-order valence-electron chi connectivity index (χ0n) is 13.2. The number of nitrogens with one attached hydrogen (secondary N) is 1. The van der Waals surface area contributed by atoms with E-state index in [4.69, 9.17) is 0 Å². The van der Waals surface area contributed by atoms with Crippen LogP contribution in [0.5, 0.6) is 0 Å². The van der Waals surface area contributed by atoms with Crippen molar-refractivity contribution in [1.29, 1.82) is 0 Å². The summed E-state index contributed by atoms with van der Waals surface area (Å²) in [6.45, 7) is 14.7. The Labute approximate surface area is 112 Å². The normalized spacial score (nSPS) is 13.1. The van der Waals surface area contributed by atoms with Crippen LogP contribution in [-0.4, -0.2) is 16.5 Å². The lowest BCUT2D eigenvalue weighted by Crippen LogP contribution is -2.58. The standard InChI is InChI=1S/C14H35NSi2/c1-7-9-11-13-16(3,4)15-17(5,6)14-12-10-8-2/h15H,7-14H2,1-6H3. The van der Waals surface area contributed by atoms with Crippen LogP contribution in [0.1, 0.15) is 52.4 Å². The molecule has 0 atom stereocenters. The first-order valence-electron chi connectivity index (χ1n) is 7.62. The van der Waals surface area contributed by atoms with Crippen molar-refractivity contribution < 1.29 is 0 Å². The molecule has 0 heterocycles. The first kappa shape index (κ1) is 17.4. The molecule has 0 fully saturated rings. The van der Waals surface area contributed by atoms with Crippen LogP contribution in [0, 0.1) is 0 Å². The van der Waals surface area contributed by atoms with Crippen molar-refractivity contribution in [2.75, 3.05) is 0 Å². The summed E-state index contributed by atoms with van der Waals surface area (Å²) in [5.74, 6) is 0. The maximum absolute atomic E-state index is 4.13. The van der Waals surface area contributed by atoms with Crippen LogP contribution in [0.3, 0.4) is 0 Å². The van der Waals surface area contributed by atoms with E-state index in [0.717, 1.165) is 0 Å². The average Bonchev–Trinajstić information content (AvgIpc) is 2.16. The first-order valence-corrected chi connectivity index (χ1v) is 14.0. The van der Waals surface area contributed by atoms with Crippen molar-refractivity contribution in [3.05, 3.63) is 0 Å². The molecule has 0 amide bonds. The van der Waals surface area contributed by atoms with Gasteiger partial charge in [-0.2, -0.15) is 0 Å². The van der Waals surface area contributed by atoms with Crippen LogP contribution in [0.15, 0.2) is 0 Å². The Kier molecular flexibility index (Phi) is 8.68. The number of unbranched alkanes of at least 4 members (excludes halogenated alkanes) is 4. The van der Waals surface area contributed by atoms with Crippen LogP contribution in [-0.2, 0) is 0 Å². The van der Waals surface area contributed by atoms with E-state index < -0.39 is 16.5 Å². The van der Waals surface area contributed by atoms with Crippen molar-refractivity contribution in [2.24, 2.45) is 0 Å². The molecular weight excluding hydrogens is 238 g/mol. The maximum atomic E-state index is 4.13. The molecule has 0 aliphatic heterocycles. The SMILES string of the molecule is CCCCC[Si](C)(C)N[Si](C)(C)CCCCC. The third-order valence-electron chi connectivity index (χ3n) is 3.49. The van der Waals surface area contributed by atoms with E-state index in [1.807, 2.05) is 0 Å². The molecule has 0 bridgehead atoms. The molecule has 0 aromatic rings. The van der Waals surface area contributed by atoms with Gasteiger partial charge in [0.2, 0.25) is 0 Å². The van der Waals surface area contributed by atoms with Gasteiger partial charge in [0.05, 0.1) is 0 Å². The molecule has 17 heavy (non-hydrogen) atoms. The van der Waals surface area contributed by atoms with Gasteiger partial charge in [-0.25, -0.2) is 0 Å². The summed E-state index contributed by atoms with van der Waals surface area (Å²) in [4.78, 5) is 0. The minimum atomic E-state index is -1.12. The molecule has 0 saturated heterocycles. The quantitative estimate of drug-likeness (QED) is 0.417. The van der Waals surface area contributed by atoms with Gasteiger partial charge in [0, 0.05) is 0 Å². The van der Waals surface area contributed by atoms with E-state index in [0.29, 0.717) is 0 Å². The second-order valence-corrected chi connectivity index (χ2v) is 16.3. The van der Waals surface area contributed by atoms with Crippen LogP contribution < -0.4 is 4.65 Å². The molecule has 0 spiro atoms. The Morgan fingerprint density at radius 2 is 1.00 bits per heavy atom. The number of hydrogen-bond donors (Lipinski definition) is 1. The predicted octanol–water partition coefficient (Wildman–Crippen LogP) is 5.37. The van der Waals surface area contributed by atoms with Gasteiger partial charge < -0.3 is 4.65 Å².